The predicted octanol–water partition coefficient (Wildman–Crippen LogP) is 3.10. The summed E-state index contributed by atoms with van der Waals surface area (Å²) in [6, 6.07) is 8.54. The maximum atomic E-state index is 5.94. The summed E-state index contributed by atoms with van der Waals surface area (Å²) in [4.78, 5) is 0. The van der Waals surface area contributed by atoms with Crippen LogP contribution in [0.25, 0.3) is 0 Å². The van der Waals surface area contributed by atoms with Crippen LogP contribution < -0.4 is 5.32 Å². The Labute approximate surface area is 96.8 Å². The molecule has 0 aliphatic heterocycles. The van der Waals surface area contributed by atoms with Crippen molar-refractivity contribution in [2.75, 3.05) is 6.54 Å². The number of benzene rings is 1. The molecule has 1 nitrogen and oxygen atoms in total. The smallest absolute Gasteiger partial charge is 0.0342 e. The summed E-state index contributed by atoms with van der Waals surface area (Å²) in [5.41, 5.74) is 2.77. The highest BCUT2D eigenvalue weighted by molar-refractivity contribution is 6.21. The lowest BCUT2D eigenvalue weighted by molar-refractivity contribution is 0.308. The van der Waals surface area contributed by atoms with Crippen LogP contribution in [0.5, 0.6) is 0 Å². The molecule has 1 fully saturated rings. The molecule has 0 aromatic heterocycles. The SMILES string of the molecule is Cc1ccccc1CNCC1CC(Cl)C1. The van der Waals surface area contributed by atoms with E-state index < -0.39 is 0 Å². The van der Waals surface area contributed by atoms with E-state index in [0.717, 1.165) is 19.0 Å². The molecular formula is C13H18ClN. The van der Waals surface area contributed by atoms with E-state index in [2.05, 4.69) is 36.5 Å². The molecule has 82 valence electrons. The van der Waals surface area contributed by atoms with Crippen LogP contribution in [0.1, 0.15) is 24.0 Å². The molecule has 0 amide bonds. The highest BCUT2D eigenvalue weighted by Crippen LogP contribution is 2.31. The van der Waals surface area contributed by atoms with Crippen LogP contribution in [0.4, 0.5) is 0 Å². The predicted molar refractivity (Wildman–Crippen MR) is 65.3 cm³/mol. The average Bonchev–Trinajstić information content (AvgIpc) is 2.18. The van der Waals surface area contributed by atoms with Gasteiger partial charge in [-0.15, -0.1) is 11.6 Å². The maximum Gasteiger partial charge on any atom is 0.0342 e. The number of rotatable bonds is 4. The number of aryl methyl sites for hydroxylation is 1. The highest BCUT2D eigenvalue weighted by atomic mass is 35.5. The van der Waals surface area contributed by atoms with Gasteiger partial charge in [0.05, 0.1) is 0 Å². The molecule has 0 heterocycles. The molecule has 1 saturated carbocycles. The molecule has 1 N–H and O–H groups in total. The molecule has 0 radical (unpaired) electrons. The molecule has 1 aliphatic carbocycles. The molecule has 0 saturated heterocycles. The van der Waals surface area contributed by atoms with E-state index in [-0.39, 0.29) is 0 Å². The van der Waals surface area contributed by atoms with E-state index >= 15 is 0 Å². The van der Waals surface area contributed by atoms with Gasteiger partial charge in [0.1, 0.15) is 0 Å². The minimum Gasteiger partial charge on any atom is -0.312 e. The summed E-state index contributed by atoms with van der Waals surface area (Å²) in [7, 11) is 0. The van der Waals surface area contributed by atoms with Gasteiger partial charge in [-0.25, -0.2) is 0 Å². The Balaban J connectivity index is 1.72. The first-order chi connectivity index (χ1) is 7.25. The molecule has 2 heteroatoms. The van der Waals surface area contributed by atoms with Gasteiger partial charge in [-0.1, -0.05) is 24.3 Å². The van der Waals surface area contributed by atoms with E-state index in [0.29, 0.717) is 5.38 Å². The van der Waals surface area contributed by atoms with Crippen molar-refractivity contribution < 1.29 is 0 Å². The van der Waals surface area contributed by atoms with Crippen LogP contribution in [0.2, 0.25) is 0 Å². The summed E-state index contributed by atoms with van der Waals surface area (Å²) < 4.78 is 0. The number of nitrogens with one attached hydrogen (secondary N) is 1. The summed E-state index contributed by atoms with van der Waals surface area (Å²) >= 11 is 5.94. The Morgan fingerprint density at radius 3 is 2.73 bits per heavy atom. The van der Waals surface area contributed by atoms with Crippen LogP contribution in [0.15, 0.2) is 24.3 Å². The molecule has 0 atom stereocenters. The third kappa shape index (κ3) is 2.96. The van der Waals surface area contributed by atoms with E-state index in [4.69, 9.17) is 11.6 Å². The first-order valence-corrected chi connectivity index (χ1v) is 6.08. The van der Waals surface area contributed by atoms with E-state index in [9.17, 15) is 0 Å². The zero-order valence-corrected chi connectivity index (χ0v) is 9.93. The maximum absolute atomic E-state index is 5.94. The van der Waals surface area contributed by atoms with Gasteiger partial charge < -0.3 is 5.32 Å². The summed E-state index contributed by atoms with van der Waals surface area (Å²) in [6.07, 6.45) is 2.37. The van der Waals surface area contributed by atoms with Gasteiger partial charge in [0.25, 0.3) is 0 Å². The minimum absolute atomic E-state index is 0.440. The van der Waals surface area contributed by atoms with Gasteiger partial charge in [-0.2, -0.15) is 0 Å². The third-order valence-corrected chi connectivity index (χ3v) is 3.54. The molecule has 0 unspecified atom stereocenters. The van der Waals surface area contributed by atoms with Gasteiger partial charge >= 0.3 is 0 Å². The zero-order chi connectivity index (χ0) is 10.7. The largest absolute Gasteiger partial charge is 0.312 e. The first-order valence-electron chi connectivity index (χ1n) is 5.65. The normalized spacial score (nSPS) is 24.9. The molecule has 2 rings (SSSR count). The monoisotopic (exact) mass is 223 g/mol. The Morgan fingerprint density at radius 1 is 1.33 bits per heavy atom. The second kappa shape index (κ2) is 5.00. The third-order valence-electron chi connectivity index (χ3n) is 3.19. The average molecular weight is 224 g/mol. The van der Waals surface area contributed by atoms with Crippen LogP contribution in [-0.4, -0.2) is 11.9 Å². The van der Waals surface area contributed by atoms with Crippen molar-refractivity contribution in [1.29, 1.82) is 0 Å². The fourth-order valence-electron chi connectivity index (χ4n) is 2.04. The Kier molecular flexibility index (Phi) is 3.66. The van der Waals surface area contributed by atoms with Gasteiger partial charge in [0, 0.05) is 11.9 Å². The minimum atomic E-state index is 0.440. The summed E-state index contributed by atoms with van der Waals surface area (Å²) in [5.74, 6) is 0.802. The van der Waals surface area contributed by atoms with Gasteiger partial charge in [0.2, 0.25) is 0 Å². The second-order valence-corrected chi connectivity index (χ2v) is 5.11. The lowest BCUT2D eigenvalue weighted by Gasteiger charge is -2.31. The summed E-state index contributed by atoms with van der Waals surface area (Å²) in [6.45, 7) is 4.25. The molecule has 0 bridgehead atoms. The van der Waals surface area contributed by atoms with Crippen LogP contribution in [0, 0.1) is 12.8 Å². The highest BCUT2D eigenvalue weighted by Gasteiger charge is 2.26. The molecule has 1 aromatic rings. The number of alkyl halides is 1. The number of hydrogen-bond donors (Lipinski definition) is 1. The Bertz CT molecular complexity index is 318. The standard InChI is InChI=1S/C13H18ClN/c1-10-4-2-3-5-12(10)9-15-8-11-6-13(14)7-11/h2-5,11,13,15H,6-9H2,1H3. The molecule has 0 spiro atoms. The van der Waals surface area contributed by atoms with Crippen molar-refractivity contribution in [2.45, 2.75) is 31.7 Å². The van der Waals surface area contributed by atoms with Gasteiger partial charge in [-0.3, -0.25) is 0 Å². The zero-order valence-electron chi connectivity index (χ0n) is 9.17. The first kappa shape index (κ1) is 11.0. The lowest BCUT2D eigenvalue weighted by Crippen LogP contribution is -2.33. The van der Waals surface area contributed by atoms with Crippen molar-refractivity contribution in [3.05, 3.63) is 35.4 Å². The molecular weight excluding hydrogens is 206 g/mol. The van der Waals surface area contributed by atoms with Crippen molar-refractivity contribution in [1.82, 2.24) is 5.32 Å². The van der Waals surface area contributed by atoms with Gasteiger partial charge in [0.15, 0.2) is 0 Å². The van der Waals surface area contributed by atoms with Crippen molar-refractivity contribution in [2.24, 2.45) is 5.92 Å². The topological polar surface area (TPSA) is 12.0 Å². The molecule has 1 aromatic carbocycles. The fraction of sp³-hybridized carbons (Fsp3) is 0.538. The number of hydrogen-bond acceptors (Lipinski definition) is 1. The molecule has 1 aliphatic rings. The summed E-state index contributed by atoms with van der Waals surface area (Å²) in [5, 5.41) is 3.95. The number of halogens is 1. The fourth-order valence-corrected chi connectivity index (χ4v) is 2.54. The van der Waals surface area contributed by atoms with E-state index in [1.54, 1.807) is 0 Å². The van der Waals surface area contributed by atoms with Crippen molar-refractivity contribution in [3.63, 3.8) is 0 Å². The van der Waals surface area contributed by atoms with Crippen molar-refractivity contribution >= 4 is 11.6 Å². The quantitative estimate of drug-likeness (QED) is 0.774. The van der Waals surface area contributed by atoms with Crippen LogP contribution >= 0.6 is 11.6 Å². The Morgan fingerprint density at radius 2 is 2.07 bits per heavy atom. The van der Waals surface area contributed by atoms with E-state index in [1.165, 1.54) is 24.0 Å². The van der Waals surface area contributed by atoms with E-state index in [1.807, 2.05) is 0 Å². The molecule has 15 heavy (non-hydrogen) atoms. The van der Waals surface area contributed by atoms with Crippen LogP contribution in [0.3, 0.4) is 0 Å². The van der Waals surface area contributed by atoms with Gasteiger partial charge in [-0.05, 0) is 43.4 Å². The second-order valence-electron chi connectivity index (χ2n) is 4.49. The Hall–Kier alpha value is -0.530. The van der Waals surface area contributed by atoms with Crippen LogP contribution in [-0.2, 0) is 6.54 Å². The van der Waals surface area contributed by atoms with Crippen molar-refractivity contribution in [3.8, 4) is 0 Å². The lowest BCUT2D eigenvalue weighted by atomic mass is 9.85.